The quantitative estimate of drug-likeness (QED) is 0.779. The number of hydrogen-bond donors (Lipinski definition) is 2. The molecule has 0 radical (unpaired) electrons. The van der Waals surface area contributed by atoms with Crippen molar-refractivity contribution in [3.63, 3.8) is 0 Å². The van der Waals surface area contributed by atoms with E-state index in [0.29, 0.717) is 0 Å². The topological polar surface area (TPSA) is 72.3 Å². The van der Waals surface area contributed by atoms with E-state index in [1.165, 1.54) is 11.1 Å². The Bertz CT molecular complexity index is 405. The molecule has 1 aliphatic carbocycles. The maximum atomic E-state index is 10.9. The van der Waals surface area contributed by atoms with Crippen LogP contribution in [0, 0.1) is 0 Å². The van der Waals surface area contributed by atoms with Gasteiger partial charge in [0.25, 0.3) is 0 Å². The van der Waals surface area contributed by atoms with Gasteiger partial charge in [-0.05, 0) is 24.6 Å². The van der Waals surface area contributed by atoms with E-state index in [0.717, 1.165) is 6.42 Å². The lowest BCUT2D eigenvalue weighted by molar-refractivity contribution is -0.119. The molecule has 4 N–H and O–H groups in total. The van der Waals surface area contributed by atoms with Gasteiger partial charge < -0.3 is 11.5 Å². The molecular weight excluding hydrogens is 202 g/mol. The van der Waals surface area contributed by atoms with Gasteiger partial charge in [-0.15, -0.1) is 0 Å². The predicted octanol–water partition coefficient (Wildman–Crippen LogP) is 0.548. The summed E-state index contributed by atoms with van der Waals surface area (Å²) in [5, 5.41) is 0. The molecule has 4 heteroatoms. The first-order valence-corrected chi connectivity index (χ1v) is 5.42. The van der Waals surface area contributed by atoms with Gasteiger partial charge in [-0.25, -0.2) is 0 Å². The molecule has 0 aromatic heterocycles. The van der Waals surface area contributed by atoms with Crippen molar-refractivity contribution in [1.29, 1.82) is 0 Å². The van der Waals surface area contributed by atoms with Crippen molar-refractivity contribution in [2.24, 2.45) is 11.5 Å². The van der Waals surface area contributed by atoms with Crippen LogP contribution in [-0.4, -0.2) is 24.4 Å². The van der Waals surface area contributed by atoms with E-state index in [2.05, 4.69) is 12.1 Å². The van der Waals surface area contributed by atoms with Crippen molar-refractivity contribution < 1.29 is 4.79 Å². The predicted molar refractivity (Wildman–Crippen MR) is 62.6 cm³/mol. The summed E-state index contributed by atoms with van der Waals surface area (Å²) in [6, 6.07) is 8.40. The number of primary amides is 1. The molecule has 0 spiro atoms. The summed E-state index contributed by atoms with van der Waals surface area (Å²) < 4.78 is 0. The highest BCUT2D eigenvalue weighted by Crippen LogP contribution is 2.39. The Hall–Kier alpha value is -1.39. The fraction of sp³-hybridized carbons (Fsp3) is 0.417. The Labute approximate surface area is 95.2 Å². The van der Waals surface area contributed by atoms with Crippen molar-refractivity contribution in [2.45, 2.75) is 18.5 Å². The third-order valence-corrected chi connectivity index (χ3v) is 3.17. The van der Waals surface area contributed by atoms with Crippen molar-refractivity contribution in [2.75, 3.05) is 13.6 Å². The Morgan fingerprint density at radius 1 is 1.44 bits per heavy atom. The number of likely N-dealkylation sites (N-methyl/N-ethyl adjacent to an activating group) is 1. The summed E-state index contributed by atoms with van der Waals surface area (Å²) >= 11 is 0. The minimum absolute atomic E-state index is 0.0662. The summed E-state index contributed by atoms with van der Waals surface area (Å²) in [5.41, 5.74) is 13.7. The van der Waals surface area contributed by atoms with Crippen LogP contribution in [0.5, 0.6) is 0 Å². The number of benzene rings is 1. The number of carbonyl (C=O) groups is 1. The van der Waals surface area contributed by atoms with Gasteiger partial charge in [0.05, 0.1) is 6.54 Å². The number of hydrogen-bond acceptors (Lipinski definition) is 3. The van der Waals surface area contributed by atoms with Crippen molar-refractivity contribution in [1.82, 2.24) is 4.90 Å². The fourth-order valence-corrected chi connectivity index (χ4v) is 2.42. The zero-order chi connectivity index (χ0) is 11.7. The van der Waals surface area contributed by atoms with E-state index >= 15 is 0 Å². The van der Waals surface area contributed by atoms with E-state index in [4.69, 9.17) is 11.5 Å². The van der Waals surface area contributed by atoms with Crippen LogP contribution >= 0.6 is 0 Å². The number of amides is 1. The number of carbonyl (C=O) groups excluding carboxylic acids is 1. The average molecular weight is 219 g/mol. The molecule has 2 atom stereocenters. The lowest BCUT2D eigenvalue weighted by Crippen LogP contribution is -2.33. The normalized spacial score (nSPS) is 23.4. The Balaban J connectivity index is 2.23. The van der Waals surface area contributed by atoms with Crippen LogP contribution in [-0.2, 0) is 4.79 Å². The van der Waals surface area contributed by atoms with Crippen LogP contribution in [0.15, 0.2) is 24.3 Å². The SMILES string of the molecule is CN(CC(N)=O)C1CC(N)c2ccccc21. The first-order valence-electron chi connectivity index (χ1n) is 5.42. The van der Waals surface area contributed by atoms with Gasteiger partial charge >= 0.3 is 0 Å². The molecule has 1 aromatic carbocycles. The van der Waals surface area contributed by atoms with Crippen LogP contribution in [0.3, 0.4) is 0 Å². The summed E-state index contributed by atoms with van der Waals surface area (Å²) in [5.74, 6) is -0.305. The Morgan fingerprint density at radius 3 is 2.69 bits per heavy atom. The van der Waals surface area contributed by atoms with Crippen LogP contribution in [0.2, 0.25) is 0 Å². The second kappa shape index (κ2) is 4.23. The standard InChI is InChI=1S/C12H17N3O/c1-15(7-12(14)16)11-6-10(13)8-4-2-3-5-9(8)11/h2-5,10-11H,6-7,13H2,1H3,(H2,14,16). The molecule has 1 amide bonds. The highest BCUT2D eigenvalue weighted by molar-refractivity contribution is 5.76. The molecule has 1 aliphatic rings. The third-order valence-electron chi connectivity index (χ3n) is 3.17. The van der Waals surface area contributed by atoms with Crippen molar-refractivity contribution in [3.8, 4) is 0 Å². The second-order valence-corrected chi connectivity index (χ2v) is 4.37. The summed E-state index contributed by atoms with van der Waals surface area (Å²) in [7, 11) is 1.91. The van der Waals surface area contributed by atoms with E-state index in [-0.39, 0.29) is 24.5 Å². The van der Waals surface area contributed by atoms with E-state index in [1.807, 2.05) is 24.1 Å². The van der Waals surface area contributed by atoms with Gasteiger partial charge in [0.1, 0.15) is 0 Å². The molecule has 0 heterocycles. The minimum atomic E-state index is -0.305. The molecule has 2 unspecified atom stereocenters. The monoisotopic (exact) mass is 219 g/mol. The molecule has 0 aliphatic heterocycles. The summed E-state index contributed by atoms with van der Waals surface area (Å²) in [6.45, 7) is 0.270. The van der Waals surface area contributed by atoms with Crippen LogP contribution in [0.1, 0.15) is 29.6 Å². The minimum Gasteiger partial charge on any atom is -0.369 e. The van der Waals surface area contributed by atoms with Gasteiger partial charge in [0, 0.05) is 12.1 Å². The van der Waals surface area contributed by atoms with Crippen LogP contribution < -0.4 is 11.5 Å². The van der Waals surface area contributed by atoms with Gasteiger partial charge in [0.2, 0.25) is 5.91 Å². The molecule has 1 aromatic rings. The molecule has 0 saturated carbocycles. The Kier molecular flexibility index (Phi) is 2.94. The van der Waals surface area contributed by atoms with E-state index in [1.54, 1.807) is 0 Å². The average Bonchev–Trinajstić information content (AvgIpc) is 2.56. The smallest absolute Gasteiger partial charge is 0.231 e. The number of nitrogens with two attached hydrogens (primary N) is 2. The summed E-state index contributed by atoms with van der Waals surface area (Å²) in [4.78, 5) is 12.9. The van der Waals surface area contributed by atoms with Gasteiger partial charge in [0.15, 0.2) is 0 Å². The summed E-state index contributed by atoms with van der Waals surface area (Å²) in [6.07, 6.45) is 0.850. The molecular formula is C12H17N3O. The van der Waals surface area contributed by atoms with Gasteiger partial charge in [-0.1, -0.05) is 24.3 Å². The number of nitrogens with zero attached hydrogens (tertiary/aromatic N) is 1. The van der Waals surface area contributed by atoms with Crippen LogP contribution in [0.4, 0.5) is 0 Å². The highest BCUT2D eigenvalue weighted by atomic mass is 16.1. The third kappa shape index (κ3) is 1.94. The first-order chi connectivity index (χ1) is 7.59. The zero-order valence-electron chi connectivity index (χ0n) is 9.39. The molecule has 0 saturated heterocycles. The van der Waals surface area contributed by atoms with Crippen molar-refractivity contribution in [3.05, 3.63) is 35.4 Å². The lowest BCUT2D eigenvalue weighted by atomic mass is 10.1. The second-order valence-electron chi connectivity index (χ2n) is 4.37. The lowest BCUT2D eigenvalue weighted by Gasteiger charge is -2.23. The van der Waals surface area contributed by atoms with Gasteiger partial charge in [-0.3, -0.25) is 9.69 Å². The first kappa shape index (κ1) is 11.1. The molecule has 0 bridgehead atoms. The fourth-order valence-electron chi connectivity index (χ4n) is 2.42. The molecule has 2 rings (SSSR count). The van der Waals surface area contributed by atoms with E-state index < -0.39 is 0 Å². The molecule has 4 nitrogen and oxygen atoms in total. The maximum Gasteiger partial charge on any atom is 0.231 e. The maximum absolute atomic E-state index is 10.9. The zero-order valence-corrected chi connectivity index (χ0v) is 9.39. The number of rotatable bonds is 3. The highest BCUT2D eigenvalue weighted by Gasteiger charge is 2.31. The van der Waals surface area contributed by atoms with Crippen LogP contribution in [0.25, 0.3) is 0 Å². The van der Waals surface area contributed by atoms with E-state index in [9.17, 15) is 4.79 Å². The molecule has 0 fully saturated rings. The largest absolute Gasteiger partial charge is 0.369 e. The molecule has 16 heavy (non-hydrogen) atoms. The van der Waals surface area contributed by atoms with Gasteiger partial charge in [-0.2, -0.15) is 0 Å². The van der Waals surface area contributed by atoms with Crippen molar-refractivity contribution >= 4 is 5.91 Å². The molecule has 86 valence electrons. The Morgan fingerprint density at radius 2 is 2.06 bits per heavy atom. The number of fused-ring (bicyclic) bond motifs is 1.